The Hall–Kier alpha value is -5.36. The molecule has 1 aromatic heterocycles. The largest absolute Gasteiger partial charge is 0.481 e. The molecule has 202 valence electrons. The first kappa shape index (κ1) is 27.2. The molecule has 5 rings (SSSR count). The van der Waals surface area contributed by atoms with Crippen LogP contribution in [0.15, 0.2) is 60.7 Å². The van der Waals surface area contributed by atoms with E-state index in [4.69, 9.17) is 31.1 Å². The highest BCUT2D eigenvalue weighted by Gasteiger charge is 2.25. The standard InChI is InChI=1S/C33H28N6O2/c1-4-15-40-30-8-6-5-7-26(30)20-39-14-13-29-28(21-39)32(41-31-22(2)16-25(19-35)17-23(31)3)38-33(37-29)36-27-11-9-24(18-34)10-12-27/h1,5-12,16-17H,13-15,20-21H2,2-3H3,(H,36,37,38). The molecule has 0 saturated carbocycles. The SMILES string of the molecule is C#CCOc1ccccc1CN1CCc2nc(Nc3ccc(C#N)cc3)nc(Oc3c(C)cc(C#N)cc3C)c2C1. The van der Waals surface area contributed by atoms with Crippen LogP contribution in [0, 0.1) is 48.9 Å². The van der Waals surface area contributed by atoms with Gasteiger partial charge in [-0.1, -0.05) is 24.1 Å². The highest BCUT2D eigenvalue weighted by atomic mass is 16.5. The highest BCUT2D eigenvalue weighted by Crippen LogP contribution is 2.35. The summed E-state index contributed by atoms with van der Waals surface area (Å²) < 4.78 is 12.3. The summed E-state index contributed by atoms with van der Waals surface area (Å²) in [6, 6.07) is 23.0. The number of ether oxygens (including phenoxy) is 2. The lowest BCUT2D eigenvalue weighted by atomic mass is 10.0. The number of aromatic nitrogens is 2. The van der Waals surface area contributed by atoms with Crippen LogP contribution in [-0.2, 0) is 19.5 Å². The van der Waals surface area contributed by atoms with E-state index in [0.29, 0.717) is 48.2 Å². The van der Waals surface area contributed by atoms with E-state index in [1.807, 2.05) is 62.4 Å². The third-order valence-electron chi connectivity index (χ3n) is 6.84. The number of benzene rings is 3. The fourth-order valence-electron chi connectivity index (χ4n) is 4.88. The highest BCUT2D eigenvalue weighted by molar-refractivity contribution is 5.57. The number of terminal acetylenes is 1. The first-order chi connectivity index (χ1) is 20.0. The lowest BCUT2D eigenvalue weighted by Gasteiger charge is -2.30. The van der Waals surface area contributed by atoms with Gasteiger partial charge in [-0.05, 0) is 67.4 Å². The monoisotopic (exact) mass is 540 g/mol. The molecule has 0 fully saturated rings. The minimum atomic E-state index is 0.212. The average molecular weight is 541 g/mol. The van der Waals surface area contributed by atoms with Crippen LogP contribution in [0.25, 0.3) is 0 Å². The summed E-state index contributed by atoms with van der Waals surface area (Å²) in [5.74, 6) is 4.84. The number of nitrogens with one attached hydrogen (secondary N) is 1. The molecule has 0 spiro atoms. The summed E-state index contributed by atoms with van der Waals surface area (Å²) >= 11 is 0. The Morgan fingerprint density at radius 2 is 1.71 bits per heavy atom. The van der Waals surface area contributed by atoms with Crippen LogP contribution in [0.2, 0.25) is 0 Å². The van der Waals surface area contributed by atoms with Crippen LogP contribution in [0.5, 0.6) is 17.4 Å². The Morgan fingerprint density at radius 3 is 2.41 bits per heavy atom. The molecule has 1 N–H and O–H groups in total. The fourth-order valence-corrected chi connectivity index (χ4v) is 4.88. The quantitative estimate of drug-likeness (QED) is 0.274. The Bertz CT molecular complexity index is 1690. The number of nitrogens with zero attached hydrogens (tertiary/aromatic N) is 5. The lowest BCUT2D eigenvalue weighted by molar-refractivity contribution is 0.233. The molecule has 0 saturated heterocycles. The van der Waals surface area contributed by atoms with Crippen molar-refractivity contribution >= 4 is 11.6 Å². The number of para-hydroxylation sites is 1. The van der Waals surface area contributed by atoms with Gasteiger partial charge < -0.3 is 14.8 Å². The Morgan fingerprint density at radius 1 is 0.976 bits per heavy atom. The van der Waals surface area contributed by atoms with Crippen LogP contribution in [0.3, 0.4) is 0 Å². The number of nitriles is 2. The zero-order valence-corrected chi connectivity index (χ0v) is 22.9. The van der Waals surface area contributed by atoms with E-state index in [0.717, 1.165) is 45.9 Å². The second-order valence-electron chi connectivity index (χ2n) is 9.81. The molecule has 3 aromatic carbocycles. The third kappa shape index (κ3) is 6.28. The minimum Gasteiger partial charge on any atom is -0.481 e. The molecule has 0 radical (unpaired) electrons. The molecule has 0 amide bonds. The number of hydrogen-bond acceptors (Lipinski definition) is 8. The minimum absolute atomic E-state index is 0.212. The van der Waals surface area contributed by atoms with Gasteiger partial charge in [0.15, 0.2) is 0 Å². The molecule has 1 aliphatic heterocycles. The maximum atomic E-state index is 9.39. The normalized spacial score (nSPS) is 12.4. The summed E-state index contributed by atoms with van der Waals surface area (Å²) in [7, 11) is 0. The van der Waals surface area contributed by atoms with Crippen molar-refractivity contribution in [1.82, 2.24) is 14.9 Å². The van der Waals surface area contributed by atoms with Crippen molar-refractivity contribution in [1.29, 1.82) is 10.5 Å². The Labute approximate surface area is 239 Å². The molecular weight excluding hydrogens is 512 g/mol. The molecule has 0 unspecified atom stereocenters. The van der Waals surface area contributed by atoms with E-state index < -0.39 is 0 Å². The molecule has 8 heteroatoms. The molecule has 0 aliphatic carbocycles. The van der Waals surface area contributed by atoms with Crippen molar-refractivity contribution in [2.75, 3.05) is 18.5 Å². The second-order valence-corrected chi connectivity index (χ2v) is 9.81. The zero-order valence-electron chi connectivity index (χ0n) is 22.9. The Balaban J connectivity index is 1.48. The van der Waals surface area contributed by atoms with Gasteiger partial charge in [-0.15, -0.1) is 6.42 Å². The molecule has 0 bridgehead atoms. The zero-order chi connectivity index (χ0) is 28.8. The summed E-state index contributed by atoms with van der Waals surface area (Å²) in [4.78, 5) is 11.9. The van der Waals surface area contributed by atoms with E-state index in [1.54, 1.807) is 12.1 Å². The van der Waals surface area contributed by atoms with Crippen molar-refractivity contribution < 1.29 is 9.47 Å². The van der Waals surface area contributed by atoms with Crippen LogP contribution in [0.1, 0.15) is 39.1 Å². The van der Waals surface area contributed by atoms with Gasteiger partial charge >= 0.3 is 0 Å². The smallest absolute Gasteiger partial charge is 0.230 e. The molecule has 4 aromatic rings. The van der Waals surface area contributed by atoms with Crippen LogP contribution in [0.4, 0.5) is 11.6 Å². The number of aryl methyl sites for hydroxylation is 2. The molecule has 8 nitrogen and oxygen atoms in total. The Kier molecular flexibility index (Phi) is 8.11. The van der Waals surface area contributed by atoms with Gasteiger partial charge in [-0.2, -0.15) is 15.5 Å². The van der Waals surface area contributed by atoms with Crippen molar-refractivity contribution in [3.05, 3.63) is 99.7 Å². The van der Waals surface area contributed by atoms with Gasteiger partial charge in [0.2, 0.25) is 11.8 Å². The predicted octanol–water partition coefficient (Wildman–Crippen LogP) is 5.94. The number of anilines is 2. The molecular formula is C33H28N6O2. The van der Waals surface area contributed by atoms with E-state index in [1.165, 1.54) is 0 Å². The maximum Gasteiger partial charge on any atom is 0.230 e. The van der Waals surface area contributed by atoms with Crippen molar-refractivity contribution in [3.8, 4) is 41.9 Å². The number of fused-ring (bicyclic) bond motifs is 1. The van der Waals surface area contributed by atoms with Crippen molar-refractivity contribution in [2.45, 2.75) is 33.4 Å². The lowest BCUT2D eigenvalue weighted by Crippen LogP contribution is -2.31. The van der Waals surface area contributed by atoms with E-state index in [-0.39, 0.29) is 6.61 Å². The van der Waals surface area contributed by atoms with Crippen LogP contribution >= 0.6 is 0 Å². The van der Waals surface area contributed by atoms with Crippen molar-refractivity contribution in [3.63, 3.8) is 0 Å². The molecule has 1 aliphatic rings. The number of rotatable bonds is 8. The van der Waals surface area contributed by atoms with Gasteiger partial charge in [0.05, 0.1) is 34.5 Å². The fraction of sp³-hybridized carbons (Fsp3) is 0.212. The van der Waals surface area contributed by atoms with Crippen molar-refractivity contribution in [2.24, 2.45) is 0 Å². The first-order valence-corrected chi connectivity index (χ1v) is 13.2. The predicted molar refractivity (Wildman–Crippen MR) is 156 cm³/mol. The average Bonchev–Trinajstić information content (AvgIpc) is 2.99. The van der Waals surface area contributed by atoms with Crippen LogP contribution < -0.4 is 14.8 Å². The van der Waals surface area contributed by atoms with Gasteiger partial charge in [-0.3, -0.25) is 4.90 Å². The first-order valence-electron chi connectivity index (χ1n) is 13.2. The van der Waals surface area contributed by atoms with Gasteiger partial charge in [0, 0.05) is 37.3 Å². The second kappa shape index (κ2) is 12.2. The maximum absolute atomic E-state index is 9.39. The molecule has 0 atom stereocenters. The molecule has 41 heavy (non-hydrogen) atoms. The number of hydrogen-bond donors (Lipinski definition) is 1. The topological polar surface area (TPSA) is 107 Å². The van der Waals surface area contributed by atoms with Crippen LogP contribution in [-0.4, -0.2) is 28.0 Å². The van der Waals surface area contributed by atoms with Gasteiger partial charge in [-0.25, -0.2) is 4.98 Å². The summed E-state index contributed by atoms with van der Waals surface area (Å²) in [5.41, 5.74) is 6.48. The third-order valence-corrected chi connectivity index (χ3v) is 6.84. The summed E-state index contributed by atoms with van der Waals surface area (Å²) in [5, 5.41) is 21.8. The summed E-state index contributed by atoms with van der Waals surface area (Å²) in [6.07, 6.45) is 6.11. The molecule has 2 heterocycles. The van der Waals surface area contributed by atoms with E-state index >= 15 is 0 Å². The van der Waals surface area contributed by atoms with E-state index in [9.17, 15) is 5.26 Å². The van der Waals surface area contributed by atoms with Gasteiger partial charge in [0.25, 0.3) is 0 Å². The van der Waals surface area contributed by atoms with E-state index in [2.05, 4.69) is 28.3 Å². The summed E-state index contributed by atoms with van der Waals surface area (Å²) in [6.45, 7) is 6.10. The van der Waals surface area contributed by atoms with Gasteiger partial charge in [0.1, 0.15) is 18.1 Å².